The van der Waals surface area contributed by atoms with E-state index in [4.69, 9.17) is 4.52 Å². The average molecular weight is 311 g/mol. The van der Waals surface area contributed by atoms with Crippen molar-refractivity contribution in [2.75, 3.05) is 25.0 Å². The third kappa shape index (κ3) is 2.33. The Morgan fingerprint density at radius 2 is 2.00 bits per heavy atom. The Hall–Kier alpha value is -1.76. The Balaban J connectivity index is 1.60. The van der Waals surface area contributed by atoms with Gasteiger partial charge in [-0.05, 0) is 50.0 Å². The van der Waals surface area contributed by atoms with Crippen molar-refractivity contribution < 1.29 is 17.7 Å². The van der Waals surface area contributed by atoms with E-state index in [0.717, 1.165) is 44.6 Å². The zero-order chi connectivity index (χ0) is 15.3. The number of fused-ring (bicyclic) bond motifs is 4. The molecule has 3 saturated heterocycles. The number of hydrogen-bond acceptors (Lipinski definition) is 4. The molecule has 1 atom stereocenters. The van der Waals surface area contributed by atoms with Gasteiger partial charge >= 0.3 is 6.18 Å². The standard InChI is InChI=1S/C15H16F3N3O/c16-15(17,18)10-1-2-11-13(7-10)22-20-14(11)19-12-8-21-5-3-9(12)4-6-21/h1-2,7,9,12H,3-6,8H2,(H,19,20)/t12-/m0/s1. The first-order valence-corrected chi connectivity index (χ1v) is 7.46. The predicted octanol–water partition coefficient (Wildman–Crippen LogP) is 3.35. The van der Waals surface area contributed by atoms with E-state index in [0.29, 0.717) is 17.1 Å². The summed E-state index contributed by atoms with van der Waals surface area (Å²) in [5.74, 6) is 1.15. The van der Waals surface area contributed by atoms with Crippen molar-refractivity contribution in [3.63, 3.8) is 0 Å². The number of alkyl halides is 3. The van der Waals surface area contributed by atoms with Gasteiger partial charge in [0.25, 0.3) is 0 Å². The van der Waals surface area contributed by atoms with Crippen LogP contribution in [0.2, 0.25) is 0 Å². The summed E-state index contributed by atoms with van der Waals surface area (Å²) in [5.41, 5.74) is -0.552. The van der Waals surface area contributed by atoms with E-state index in [2.05, 4.69) is 15.4 Å². The molecule has 4 nitrogen and oxygen atoms in total. The van der Waals surface area contributed by atoms with Crippen LogP contribution in [-0.2, 0) is 6.18 Å². The number of nitrogens with zero attached hydrogens (tertiary/aromatic N) is 2. The molecule has 0 spiro atoms. The number of aromatic nitrogens is 1. The van der Waals surface area contributed by atoms with E-state index >= 15 is 0 Å². The molecule has 3 fully saturated rings. The van der Waals surface area contributed by atoms with Crippen LogP contribution in [0.25, 0.3) is 11.0 Å². The lowest BCUT2D eigenvalue weighted by molar-refractivity contribution is -0.137. The molecule has 0 saturated carbocycles. The summed E-state index contributed by atoms with van der Waals surface area (Å²) < 4.78 is 43.2. The summed E-state index contributed by atoms with van der Waals surface area (Å²) in [7, 11) is 0. The lowest BCUT2D eigenvalue weighted by Gasteiger charge is -2.44. The SMILES string of the molecule is FC(F)(F)c1ccc2c(N[C@H]3CN4CCC3CC4)noc2c1. The fourth-order valence-electron chi connectivity index (χ4n) is 3.52. The maximum absolute atomic E-state index is 12.7. The minimum absolute atomic E-state index is 0.165. The molecule has 3 aliphatic rings. The molecule has 1 N–H and O–H groups in total. The van der Waals surface area contributed by atoms with Gasteiger partial charge in [0.15, 0.2) is 11.4 Å². The largest absolute Gasteiger partial charge is 0.416 e. The summed E-state index contributed by atoms with van der Waals surface area (Å²) in [6, 6.07) is 3.79. The highest BCUT2D eigenvalue weighted by atomic mass is 19.4. The number of anilines is 1. The molecule has 2 aromatic rings. The molecule has 7 heteroatoms. The fourth-order valence-corrected chi connectivity index (χ4v) is 3.52. The van der Waals surface area contributed by atoms with Gasteiger partial charge in [-0.2, -0.15) is 13.2 Å². The van der Waals surface area contributed by atoms with Crippen LogP contribution in [0.15, 0.2) is 22.7 Å². The average Bonchev–Trinajstić information content (AvgIpc) is 2.90. The molecule has 118 valence electrons. The summed E-state index contributed by atoms with van der Waals surface area (Å²) in [6.45, 7) is 3.23. The first kappa shape index (κ1) is 13.9. The van der Waals surface area contributed by atoms with Crippen LogP contribution in [-0.4, -0.2) is 35.7 Å². The second kappa shape index (κ2) is 4.87. The highest BCUT2D eigenvalue weighted by Gasteiger charge is 2.35. The molecule has 1 aromatic heterocycles. The minimum Gasteiger partial charge on any atom is -0.362 e. The quantitative estimate of drug-likeness (QED) is 0.923. The minimum atomic E-state index is -4.37. The molecule has 22 heavy (non-hydrogen) atoms. The maximum Gasteiger partial charge on any atom is 0.416 e. The summed E-state index contributed by atoms with van der Waals surface area (Å²) >= 11 is 0. The van der Waals surface area contributed by atoms with Crippen molar-refractivity contribution >= 4 is 16.8 Å². The van der Waals surface area contributed by atoms with Crippen molar-refractivity contribution in [3.05, 3.63) is 23.8 Å². The highest BCUT2D eigenvalue weighted by molar-refractivity contribution is 5.88. The Labute approximate surface area is 125 Å². The number of hydrogen-bond donors (Lipinski definition) is 1. The molecule has 1 aromatic carbocycles. The molecular formula is C15H16F3N3O. The number of piperidine rings is 3. The smallest absolute Gasteiger partial charge is 0.362 e. The van der Waals surface area contributed by atoms with E-state index in [9.17, 15) is 13.2 Å². The fraction of sp³-hybridized carbons (Fsp3) is 0.533. The molecule has 0 radical (unpaired) electrons. The predicted molar refractivity (Wildman–Crippen MR) is 75.6 cm³/mol. The first-order valence-electron chi connectivity index (χ1n) is 7.46. The van der Waals surface area contributed by atoms with Crippen molar-refractivity contribution in [3.8, 4) is 0 Å². The second-order valence-electron chi connectivity index (χ2n) is 6.13. The Morgan fingerprint density at radius 3 is 2.64 bits per heavy atom. The third-order valence-corrected chi connectivity index (χ3v) is 4.78. The van der Waals surface area contributed by atoms with Gasteiger partial charge in [0.2, 0.25) is 0 Å². The maximum atomic E-state index is 12.7. The molecule has 2 bridgehead atoms. The molecule has 5 rings (SSSR count). The Kier molecular flexibility index (Phi) is 3.07. The van der Waals surface area contributed by atoms with Gasteiger partial charge in [-0.15, -0.1) is 0 Å². The van der Waals surface area contributed by atoms with Gasteiger partial charge in [0.05, 0.1) is 10.9 Å². The van der Waals surface area contributed by atoms with Crippen LogP contribution < -0.4 is 5.32 Å². The van der Waals surface area contributed by atoms with Gasteiger partial charge in [0.1, 0.15) is 0 Å². The number of halogens is 3. The Bertz CT molecular complexity index is 689. The summed E-state index contributed by atoms with van der Waals surface area (Å²) in [4.78, 5) is 2.40. The van der Waals surface area contributed by atoms with Gasteiger partial charge in [0, 0.05) is 12.6 Å². The van der Waals surface area contributed by atoms with Crippen molar-refractivity contribution in [2.24, 2.45) is 5.92 Å². The van der Waals surface area contributed by atoms with Crippen LogP contribution in [0.3, 0.4) is 0 Å². The van der Waals surface area contributed by atoms with Gasteiger partial charge in [-0.3, -0.25) is 0 Å². The van der Waals surface area contributed by atoms with Gasteiger partial charge in [-0.25, -0.2) is 0 Å². The van der Waals surface area contributed by atoms with Crippen LogP contribution >= 0.6 is 0 Å². The summed E-state index contributed by atoms with van der Waals surface area (Å²) in [6.07, 6.45) is -2.05. The monoisotopic (exact) mass is 311 g/mol. The van der Waals surface area contributed by atoms with Crippen LogP contribution in [0.1, 0.15) is 18.4 Å². The lowest BCUT2D eigenvalue weighted by Crippen LogP contribution is -2.53. The third-order valence-electron chi connectivity index (χ3n) is 4.78. The van der Waals surface area contributed by atoms with Crippen LogP contribution in [0.4, 0.5) is 19.0 Å². The zero-order valence-electron chi connectivity index (χ0n) is 11.9. The summed E-state index contributed by atoms with van der Waals surface area (Å²) in [5, 5.41) is 7.89. The number of rotatable bonds is 2. The topological polar surface area (TPSA) is 41.3 Å². The van der Waals surface area contributed by atoms with Gasteiger partial charge in [-0.1, -0.05) is 5.16 Å². The molecule has 3 aliphatic heterocycles. The van der Waals surface area contributed by atoms with E-state index in [1.165, 1.54) is 6.07 Å². The van der Waals surface area contributed by atoms with Crippen LogP contribution in [0, 0.1) is 5.92 Å². The molecule has 4 heterocycles. The number of benzene rings is 1. The Morgan fingerprint density at radius 1 is 1.23 bits per heavy atom. The molecule has 0 aliphatic carbocycles. The van der Waals surface area contributed by atoms with E-state index in [1.54, 1.807) is 0 Å². The normalized spacial score (nSPS) is 28.2. The zero-order valence-corrected chi connectivity index (χ0v) is 11.9. The number of nitrogens with one attached hydrogen (secondary N) is 1. The van der Waals surface area contributed by atoms with E-state index < -0.39 is 11.7 Å². The van der Waals surface area contributed by atoms with E-state index in [-0.39, 0.29) is 11.6 Å². The van der Waals surface area contributed by atoms with Crippen molar-refractivity contribution in [2.45, 2.75) is 25.1 Å². The lowest BCUT2D eigenvalue weighted by atomic mass is 9.84. The molecule has 0 unspecified atom stereocenters. The van der Waals surface area contributed by atoms with Crippen molar-refractivity contribution in [1.29, 1.82) is 0 Å². The second-order valence-corrected chi connectivity index (χ2v) is 6.13. The first-order chi connectivity index (χ1) is 10.5. The van der Waals surface area contributed by atoms with E-state index in [1.807, 2.05) is 0 Å². The molecular weight excluding hydrogens is 295 g/mol. The van der Waals surface area contributed by atoms with Crippen LogP contribution in [0.5, 0.6) is 0 Å². The molecule has 0 amide bonds. The van der Waals surface area contributed by atoms with Crippen molar-refractivity contribution in [1.82, 2.24) is 10.1 Å². The highest BCUT2D eigenvalue weighted by Crippen LogP contribution is 2.35. The van der Waals surface area contributed by atoms with Gasteiger partial charge < -0.3 is 14.7 Å².